The molecule has 1 aliphatic rings. The van der Waals surface area contributed by atoms with E-state index in [1.165, 1.54) is 0 Å². The zero-order chi connectivity index (χ0) is 21.7. The van der Waals surface area contributed by atoms with Gasteiger partial charge in [-0.1, -0.05) is 12.1 Å². The quantitative estimate of drug-likeness (QED) is 0.684. The van der Waals surface area contributed by atoms with Crippen LogP contribution in [0.2, 0.25) is 0 Å². The molecule has 0 aliphatic carbocycles. The Hall–Kier alpha value is -2.19. The summed E-state index contributed by atoms with van der Waals surface area (Å²) < 4.78 is 16.5. The number of aliphatic hydroxyl groups is 2. The van der Waals surface area contributed by atoms with Gasteiger partial charge in [-0.25, -0.2) is 0 Å². The van der Waals surface area contributed by atoms with E-state index < -0.39 is 12.3 Å². The number of aromatic nitrogens is 1. The monoisotopic (exact) mass is 416 g/mol. The number of methoxy groups -OCH3 is 2. The molecule has 0 spiro atoms. The SMILES string of the molecule is COC[C@@H]1[C@H](O)CCC(C)N1C(O)c1nc(C)ccc1OCc1ccc(OC)cc1. The predicted molar refractivity (Wildman–Crippen MR) is 113 cm³/mol. The molecule has 2 unspecified atom stereocenters. The van der Waals surface area contributed by atoms with E-state index in [-0.39, 0.29) is 12.1 Å². The fraction of sp³-hybridized carbons (Fsp3) is 0.522. The molecule has 1 fully saturated rings. The van der Waals surface area contributed by atoms with Crippen molar-refractivity contribution >= 4 is 0 Å². The fourth-order valence-electron chi connectivity index (χ4n) is 3.96. The van der Waals surface area contributed by atoms with E-state index in [4.69, 9.17) is 14.2 Å². The van der Waals surface area contributed by atoms with Gasteiger partial charge in [-0.2, -0.15) is 0 Å². The first kappa shape index (κ1) is 22.5. The maximum absolute atomic E-state index is 11.3. The summed E-state index contributed by atoms with van der Waals surface area (Å²) in [5, 5.41) is 21.8. The van der Waals surface area contributed by atoms with E-state index >= 15 is 0 Å². The van der Waals surface area contributed by atoms with Crippen molar-refractivity contribution in [3.05, 3.63) is 53.3 Å². The van der Waals surface area contributed by atoms with Crippen LogP contribution in [0.4, 0.5) is 0 Å². The number of pyridine rings is 1. The number of likely N-dealkylation sites (tertiary alicyclic amines) is 1. The van der Waals surface area contributed by atoms with E-state index in [1.807, 2.05) is 55.1 Å². The number of aryl methyl sites for hydroxylation is 1. The lowest BCUT2D eigenvalue weighted by molar-refractivity contribution is -0.130. The van der Waals surface area contributed by atoms with Crippen LogP contribution in [0.1, 0.15) is 42.9 Å². The van der Waals surface area contributed by atoms with Gasteiger partial charge in [-0.15, -0.1) is 0 Å². The number of aliphatic hydroxyl groups excluding tert-OH is 2. The molecule has 30 heavy (non-hydrogen) atoms. The van der Waals surface area contributed by atoms with Crippen molar-refractivity contribution in [1.29, 1.82) is 0 Å². The highest BCUT2D eigenvalue weighted by Gasteiger charge is 2.40. The molecule has 7 heteroatoms. The van der Waals surface area contributed by atoms with Crippen molar-refractivity contribution in [3.63, 3.8) is 0 Å². The maximum Gasteiger partial charge on any atom is 0.155 e. The van der Waals surface area contributed by atoms with Crippen LogP contribution >= 0.6 is 0 Å². The van der Waals surface area contributed by atoms with Crippen molar-refractivity contribution in [2.45, 2.75) is 57.7 Å². The summed E-state index contributed by atoms with van der Waals surface area (Å²) in [6, 6.07) is 11.1. The number of rotatable bonds is 8. The second kappa shape index (κ2) is 10.2. The largest absolute Gasteiger partial charge is 0.497 e. The molecule has 0 radical (unpaired) electrons. The smallest absolute Gasteiger partial charge is 0.155 e. The van der Waals surface area contributed by atoms with Crippen LogP contribution in [0.3, 0.4) is 0 Å². The Morgan fingerprint density at radius 2 is 1.87 bits per heavy atom. The summed E-state index contributed by atoms with van der Waals surface area (Å²) >= 11 is 0. The topological polar surface area (TPSA) is 84.3 Å². The Balaban J connectivity index is 1.83. The van der Waals surface area contributed by atoms with Gasteiger partial charge in [0.05, 0.1) is 25.9 Å². The standard InChI is InChI=1S/C23H32N2O5/c1-15-5-12-21(30-13-17-7-9-18(29-4)10-8-17)22(24-15)23(27)25-16(2)6-11-20(26)19(25)14-28-3/h5,7-10,12,16,19-20,23,26-27H,6,11,13-14H2,1-4H3/t16?,19-,20-,23?/m1/s1. The van der Waals surface area contributed by atoms with E-state index in [9.17, 15) is 10.2 Å². The summed E-state index contributed by atoms with van der Waals surface area (Å²) in [6.07, 6.45) is -0.114. The van der Waals surface area contributed by atoms with Crippen LogP contribution in [0, 0.1) is 6.92 Å². The van der Waals surface area contributed by atoms with Crippen LogP contribution in [-0.2, 0) is 11.3 Å². The molecule has 0 saturated carbocycles. The highest BCUT2D eigenvalue weighted by atomic mass is 16.5. The van der Waals surface area contributed by atoms with Crippen LogP contribution in [-0.4, -0.2) is 59.1 Å². The van der Waals surface area contributed by atoms with Gasteiger partial charge in [0, 0.05) is 18.8 Å². The van der Waals surface area contributed by atoms with Crippen LogP contribution in [0.15, 0.2) is 36.4 Å². The Bertz CT molecular complexity index is 814. The molecule has 4 atom stereocenters. The average Bonchev–Trinajstić information content (AvgIpc) is 2.75. The molecule has 2 N–H and O–H groups in total. The van der Waals surface area contributed by atoms with Gasteiger partial charge in [-0.3, -0.25) is 9.88 Å². The van der Waals surface area contributed by atoms with Crippen LogP contribution in [0.5, 0.6) is 11.5 Å². The summed E-state index contributed by atoms with van der Waals surface area (Å²) in [7, 11) is 3.23. The van der Waals surface area contributed by atoms with E-state index in [1.54, 1.807) is 14.2 Å². The Labute approximate surface area is 178 Å². The minimum absolute atomic E-state index is 0.0697. The highest BCUT2D eigenvalue weighted by Crippen LogP contribution is 2.34. The zero-order valence-electron chi connectivity index (χ0n) is 18.1. The molecule has 2 aromatic rings. The summed E-state index contributed by atoms with van der Waals surface area (Å²) in [5.74, 6) is 1.31. The molecule has 1 aromatic heterocycles. The van der Waals surface area contributed by atoms with E-state index in [0.29, 0.717) is 31.1 Å². The molecule has 164 valence electrons. The van der Waals surface area contributed by atoms with Crippen molar-refractivity contribution < 1.29 is 24.4 Å². The van der Waals surface area contributed by atoms with Crippen LogP contribution < -0.4 is 9.47 Å². The normalized spacial score (nSPS) is 23.2. The molecule has 0 amide bonds. The Morgan fingerprint density at radius 3 is 2.53 bits per heavy atom. The molecule has 1 saturated heterocycles. The molecule has 7 nitrogen and oxygen atoms in total. The van der Waals surface area contributed by atoms with Crippen molar-refractivity contribution in [3.8, 4) is 11.5 Å². The number of piperidine rings is 1. The third-order valence-electron chi connectivity index (χ3n) is 5.66. The second-order valence-electron chi connectivity index (χ2n) is 7.81. The van der Waals surface area contributed by atoms with Crippen molar-refractivity contribution in [2.24, 2.45) is 0 Å². The van der Waals surface area contributed by atoms with Crippen molar-refractivity contribution in [2.75, 3.05) is 20.8 Å². The van der Waals surface area contributed by atoms with Gasteiger partial charge in [0.15, 0.2) is 6.23 Å². The zero-order valence-corrected chi connectivity index (χ0v) is 18.1. The van der Waals surface area contributed by atoms with E-state index in [2.05, 4.69) is 4.98 Å². The average molecular weight is 417 g/mol. The Morgan fingerprint density at radius 1 is 1.13 bits per heavy atom. The molecule has 1 aromatic carbocycles. The molecule has 1 aliphatic heterocycles. The van der Waals surface area contributed by atoms with Crippen LogP contribution in [0.25, 0.3) is 0 Å². The lowest BCUT2D eigenvalue weighted by Gasteiger charge is -2.45. The summed E-state index contributed by atoms with van der Waals surface area (Å²) in [6.45, 7) is 4.60. The first-order valence-electron chi connectivity index (χ1n) is 10.3. The van der Waals surface area contributed by atoms with Gasteiger partial charge < -0.3 is 24.4 Å². The number of nitrogens with zero attached hydrogens (tertiary/aromatic N) is 2. The van der Waals surface area contributed by atoms with Gasteiger partial charge >= 0.3 is 0 Å². The predicted octanol–water partition coefficient (Wildman–Crippen LogP) is 2.83. The fourth-order valence-corrected chi connectivity index (χ4v) is 3.96. The van der Waals surface area contributed by atoms with Crippen molar-refractivity contribution in [1.82, 2.24) is 9.88 Å². The van der Waals surface area contributed by atoms with Gasteiger partial charge in [0.1, 0.15) is 23.8 Å². The first-order valence-corrected chi connectivity index (χ1v) is 10.3. The minimum atomic E-state index is -1.01. The second-order valence-corrected chi connectivity index (χ2v) is 7.81. The highest BCUT2D eigenvalue weighted by molar-refractivity contribution is 5.32. The number of benzene rings is 1. The third-order valence-corrected chi connectivity index (χ3v) is 5.66. The first-order chi connectivity index (χ1) is 14.4. The van der Waals surface area contributed by atoms with Gasteiger partial charge in [0.2, 0.25) is 0 Å². The summed E-state index contributed by atoms with van der Waals surface area (Å²) in [5.41, 5.74) is 2.22. The van der Waals surface area contributed by atoms with Gasteiger partial charge in [0.25, 0.3) is 0 Å². The number of hydrogen-bond donors (Lipinski definition) is 2. The Kier molecular flexibility index (Phi) is 7.66. The van der Waals surface area contributed by atoms with Gasteiger partial charge in [-0.05, 0) is 56.5 Å². The lowest BCUT2D eigenvalue weighted by atomic mass is 9.93. The molecule has 0 bridgehead atoms. The maximum atomic E-state index is 11.3. The number of hydrogen-bond acceptors (Lipinski definition) is 7. The lowest BCUT2D eigenvalue weighted by Crippen LogP contribution is -2.55. The summed E-state index contributed by atoms with van der Waals surface area (Å²) in [4.78, 5) is 6.47. The number of ether oxygens (including phenoxy) is 3. The molecule has 3 rings (SSSR count). The molecular weight excluding hydrogens is 384 g/mol. The minimum Gasteiger partial charge on any atom is -0.497 e. The van der Waals surface area contributed by atoms with E-state index in [0.717, 1.165) is 23.4 Å². The molecular formula is C23H32N2O5. The third kappa shape index (κ3) is 5.10. The molecule has 2 heterocycles.